The van der Waals surface area contributed by atoms with E-state index in [0.29, 0.717) is 18.4 Å². The molecule has 2 aliphatic rings. The molecule has 2 rings (SSSR count). The number of hydrogen-bond donors (Lipinski definition) is 21. The second-order valence-electron chi connectivity index (χ2n) is 26.4. The molecule has 2 fully saturated rings. The number of ether oxygens (including phenoxy) is 1. The summed E-state index contributed by atoms with van der Waals surface area (Å²) in [5.41, 5.74) is 0.0730. The molecule has 0 aromatic carbocycles. The normalized spacial score (nSPS) is 29.4. The predicted octanol–water partition coefficient (Wildman–Crippen LogP) is -1.17. The summed E-state index contributed by atoms with van der Waals surface area (Å²) in [6.45, 7) is 16.3. The molecule has 25 nitrogen and oxygen atoms in total. The number of unbranched alkanes of at least 4 members (excludes halogenated alkanes) is 6. The Morgan fingerprint density at radius 3 is 1.51 bits per heavy atom. The molecule has 25 heteroatoms. The zero-order chi connectivity index (χ0) is 66.9. The molecule has 1 amide bonds. The molecule has 2 saturated heterocycles. The van der Waals surface area contributed by atoms with Crippen LogP contribution in [0.3, 0.4) is 0 Å². The molecule has 2 aliphatic heterocycles. The van der Waals surface area contributed by atoms with Crippen LogP contribution in [0.5, 0.6) is 0 Å². The highest BCUT2D eigenvalue weighted by atomic mass is 16.7. The average Bonchev–Trinajstić information content (AvgIpc) is 2.13. The number of carbonyl (C=O) groups excluding carboxylic acids is 2. The molecule has 0 radical (unpaired) electrons. The Morgan fingerprint density at radius 2 is 0.989 bits per heavy atom. The fourth-order valence-corrected chi connectivity index (χ4v) is 12.3. The third-order valence-electron chi connectivity index (χ3n) is 18.8. The number of carbonyl (C=O) groups is 2. The number of hydrogen-bond acceptors (Lipinski definition) is 24. The molecule has 0 aromatic rings. The SMILES string of the molecule is CCCCCCCCCC(O)C[C@]1(O)O[C@H](CC(O)C(O)C(O)C(O)C(O)CC(O)CC(O)CC(O)C(C)C(O)C(C)C(O)CC(O)C(C)C(O)C(C)C(O)C(C)C(O)C(O)CC(C)CC(C)/C=C(C)/C(O)=C2\C(=O)C(C)N(C)C2=O)[C@@H](O)[C@H](O)[C@@H]1O. The maximum Gasteiger partial charge on any atom is 0.261 e. The van der Waals surface area contributed by atoms with Gasteiger partial charge < -0.3 is 117 Å². The van der Waals surface area contributed by atoms with E-state index in [1.165, 1.54) is 46.6 Å². The Bertz CT molecular complexity index is 2050. The van der Waals surface area contributed by atoms with Gasteiger partial charge in [0.2, 0.25) is 0 Å². The van der Waals surface area contributed by atoms with Gasteiger partial charge in [0.15, 0.2) is 11.6 Å². The maximum absolute atomic E-state index is 12.6. The number of ketones is 1. The van der Waals surface area contributed by atoms with Gasteiger partial charge in [-0.05, 0) is 69.8 Å². The summed E-state index contributed by atoms with van der Waals surface area (Å²) in [6.07, 6.45) is -28.2. The molecule has 0 spiro atoms. The van der Waals surface area contributed by atoms with Crippen LogP contribution >= 0.6 is 0 Å². The summed E-state index contributed by atoms with van der Waals surface area (Å²) in [4.78, 5) is 26.4. The van der Waals surface area contributed by atoms with Gasteiger partial charge in [0.05, 0.1) is 91.5 Å². The van der Waals surface area contributed by atoms with Crippen molar-refractivity contribution >= 4 is 11.7 Å². The Balaban J connectivity index is 1.88. The minimum atomic E-state index is -2.59. The first-order chi connectivity index (χ1) is 40.3. The number of likely N-dealkylation sites (tertiary alicyclic amines) is 1. The van der Waals surface area contributed by atoms with Crippen molar-refractivity contribution < 1.29 is 122 Å². The molecule has 512 valence electrons. The van der Waals surface area contributed by atoms with E-state index in [1.54, 1.807) is 19.9 Å². The van der Waals surface area contributed by atoms with Gasteiger partial charge >= 0.3 is 0 Å². The fraction of sp³-hybridized carbons (Fsp3) is 0.903. The number of aliphatic hydroxyl groups excluding tert-OH is 20. The maximum atomic E-state index is 12.6. The summed E-state index contributed by atoms with van der Waals surface area (Å²) >= 11 is 0. The van der Waals surface area contributed by atoms with E-state index in [1.807, 2.05) is 13.8 Å². The first kappa shape index (κ1) is 80.7. The van der Waals surface area contributed by atoms with Crippen LogP contribution in [0.1, 0.15) is 172 Å². The lowest BCUT2D eigenvalue weighted by Crippen LogP contribution is -2.65. The van der Waals surface area contributed by atoms with Gasteiger partial charge in [0.1, 0.15) is 48.0 Å². The number of amides is 1. The van der Waals surface area contributed by atoms with Crippen molar-refractivity contribution in [1.82, 2.24) is 4.90 Å². The quantitative estimate of drug-likeness (QED) is 0.0148. The molecule has 0 saturated carbocycles. The number of aliphatic hydroxyl groups is 21. The van der Waals surface area contributed by atoms with Crippen molar-refractivity contribution in [1.29, 1.82) is 0 Å². The molecule has 0 aromatic heterocycles. The topological polar surface area (TPSA) is 471 Å². The lowest BCUT2D eigenvalue weighted by Gasteiger charge is -2.47. The van der Waals surface area contributed by atoms with Gasteiger partial charge in [0, 0.05) is 55.9 Å². The molecule has 2 heterocycles. The van der Waals surface area contributed by atoms with E-state index in [-0.39, 0.29) is 36.7 Å². The lowest BCUT2D eigenvalue weighted by molar-refractivity contribution is -0.356. The highest BCUT2D eigenvalue weighted by Crippen LogP contribution is 2.36. The first-order valence-corrected chi connectivity index (χ1v) is 31.5. The van der Waals surface area contributed by atoms with Gasteiger partial charge in [-0.25, -0.2) is 0 Å². The van der Waals surface area contributed by atoms with Crippen molar-refractivity contribution in [3.63, 3.8) is 0 Å². The van der Waals surface area contributed by atoms with Crippen molar-refractivity contribution in [2.24, 2.45) is 41.4 Å². The highest BCUT2D eigenvalue weighted by molar-refractivity contribution is 6.26. The monoisotopic (exact) mass is 1260 g/mol. The Hall–Kier alpha value is -2.42. The minimum Gasteiger partial charge on any atom is -0.507 e. The summed E-state index contributed by atoms with van der Waals surface area (Å²) < 4.78 is 5.50. The van der Waals surface area contributed by atoms with E-state index in [4.69, 9.17) is 4.74 Å². The van der Waals surface area contributed by atoms with Gasteiger partial charge in [0.25, 0.3) is 5.91 Å². The zero-order valence-electron chi connectivity index (χ0n) is 53.1. The van der Waals surface area contributed by atoms with Gasteiger partial charge in [-0.1, -0.05) is 106 Å². The number of allylic oxidation sites excluding steroid dienone is 2. The largest absolute Gasteiger partial charge is 0.507 e. The van der Waals surface area contributed by atoms with Crippen LogP contribution in [0, 0.1) is 41.4 Å². The molecular weight excluding hydrogens is 1140 g/mol. The molecule has 0 aliphatic carbocycles. The third kappa shape index (κ3) is 23.3. The zero-order valence-corrected chi connectivity index (χ0v) is 53.1. The van der Waals surface area contributed by atoms with Crippen LogP contribution in [0.2, 0.25) is 0 Å². The van der Waals surface area contributed by atoms with Crippen LogP contribution in [0.15, 0.2) is 23.0 Å². The van der Waals surface area contributed by atoms with Crippen molar-refractivity contribution in [3.05, 3.63) is 23.0 Å². The second-order valence-corrected chi connectivity index (χ2v) is 26.4. The molecule has 29 atom stereocenters. The second kappa shape index (κ2) is 37.3. The van der Waals surface area contributed by atoms with E-state index in [2.05, 4.69) is 6.92 Å². The molecular formula is C62H115NO24. The lowest BCUT2D eigenvalue weighted by atomic mass is 9.77. The van der Waals surface area contributed by atoms with E-state index in [9.17, 15) is 117 Å². The number of nitrogens with zero attached hydrogens (tertiary/aromatic N) is 1. The van der Waals surface area contributed by atoms with Crippen LogP contribution in [0.4, 0.5) is 0 Å². The Morgan fingerprint density at radius 1 is 0.540 bits per heavy atom. The first-order valence-electron chi connectivity index (χ1n) is 31.5. The fourth-order valence-electron chi connectivity index (χ4n) is 12.3. The van der Waals surface area contributed by atoms with E-state index in [0.717, 1.165) is 38.5 Å². The van der Waals surface area contributed by atoms with Gasteiger partial charge in [-0.3, -0.25) is 9.59 Å². The van der Waals surface area contributed by atoms with Crippen LogP contribution < -0.4 is 0 Å². The van der Waals surface area contributed by atoms with Gasteiger partial charge in [-0.2, -0.15) is 0 Å². The summed E-state index contributed by atoms with van der Waals surface area (Å²) in [7, 11) is 1.48. The minimum absolute atomic E-state index is 0.112. The average molecular weight is 1260 g/mol. The van der Waals surface area contributed by atoms with Crippen LogP contribution in [-0.4, -0.2) is 265 Å². The number of Topliss-reactive ketones (excluding diaryl/α,β-unsaturated/α-hetero) is 1. The van der Waals surface area contributed by atoms with Crippen molar-refractivity contribution in [2.45, 2.75) is 306 Å². The molecule has 24 unspecified atom stereocenters. The van der Waals surface area contributed by atoms with Crippen molar-refractivity contribution in [2.75, 3.05) is 7.05 Å². The molecule has 0 bridgehead atoms. The third-order valence-corrected chi connectivity index (χ3v) is 18.8. The highest BCUT2D eigenvalue weighted by Gasteiger charge is 2.54. The van der Waals surface area contributed by atoms with E-state index < -0.39 is 213 Å². The summed E-state index contributed by atoms with van der Waals surface area (Å²) in [5.74, 6) is -9.32. The number of likely N-dealkylation sites (N-methyl/N-ethyl adjacent to an activating group) is 1. The van der Waals surface area contributed by atoms with Crippen molar-refractivity contribution in [3.8, 4) is 0 Å². The predicted molar refractivity (Wildman–Crippen MR) is 318 cm³/mol. The van der Waals surface area contributed by atoms with Crippen LogP contribution in [0.25, 0.3) is 0 Å². The molecule has 87 heavy (non-hydrogen) atoms. The summed E-state index contributed by atoms with van der Waals surface area (Å²) in [6, 6.07) is -0.694. The number of rotatable bonds is 41. The van der Waals surface area contributed by atoms with Gasteiger partial charge in [-0.15, -0.1) is 0 Å². The van der Waals surface area contributed by atoms with Crippen LogP contribution in [-0.2, 0) is 14.3 Å². The molecule has 21 N–H and O–H groups in total. The Labute approximate surface area is 513 Å². The smallest absolute Gasteiger partial charge is 0.261 e. The summed E-state index contributed by atoms with van der Waals surface area (Å²) in [5, 5.41) is 229. The standard InChI is InChI=1S/C62H115NO24/c1-12-13-14-15-16-17-18-19-38(64)28-62(86)60(84)59(83)57(81)47(87-62)27-46(72)56(80)58(82)55(79)45(71)25-40(66)23-39(65)24-41(67)32(5)50(74)33(6)42(68)26-43(69)34(7)51(75)35(8)52(76)36(9)53(77)44(70)22-30(3)20-29(2)21-31(4)49(73)48-54(78)37(10)63(11)61(48)85/h21,29-30,32-47,50-53,55-60,64-77,79-84,86H,12-20,22-28H2,1-11H3/b31-21+,49-48-/t29?,30?,32?,33?,34?,35?,36?,37?,38?,39?,40?,41?,42?,43?,44?,45?,46?,47-,50?,51?,52?,53?,55?,56?,57-,58?,59+,60+,62+/m1/s1. The Kier molecular flexibility index (Phi) is 34.6. The van der Waals surface area contributed by atoms with E-state index >= 15 is 0 Å².